The molecule has 1 unspecified atom stereocenters. The average molecular weight is 169 g/mol. The molecule has 0 aromatic rings. The standard InChI is InChI=1S/C11H23N/c1-10(2,3)9-7-12(6)8-11(9,4)5/h9H,7-8H2,1-6H3. The van der Waals surface area contributed by atoms with Crippen LogP contribution in [0.4, 0.5) is 0 Å². The lowest BCUT2D eigenvalue weighted by Crippen LogP contribution is -2.33. The minimum absolute atomic E-state index is 0.453. The number of likely N-dealkylation sites (tertiary alicyclic amines) is 1. The number of hydrogen-bond donors (Lipinski definition) is 0. The summed E-state index contributed by atoms with van der Waals surface area (Å²) in [5, 5.41) is 0. The van der Waals surface area contributed by atoms with Gasteiger partial charge in [-0.1, -0.05) is 34.6 Å². The second-order valence-corrected chi connectivity index (χ2v) is 6.10. The zero-order chi connectivity index (χ0) is 9.57. The maximum atomic E-state index is 2.45. The minimum atomic E-state index is 0.453. The Morgan fingerprint density at radius 3 is 1.92 bits per heavy atom. The van der Waals surface area contributed by atoms with Crippen LogP contribution in [0.15, 0.2) is 0 Å². The van der Waals surface area contributed by atoms with Crippen molar-refractivity contribution in [2.75, 3.05) is 20.1 Å². The number of hydrogen-bond acceptors (Lipinski definition) is 1. The third-order valence-electron chi connectivity index (χ3n) is 3.16. The molecule has 0 radical (unpaired) electrons. The molecule has 1 fully saturated rings. The summed E-state index contributed by atoms with van der Waals surface area (Å²) in [6.45, 7) is 14.4. The molecule has 0 N–H and O–H groups in total. The summed E-state index contributed by atoms with van der Waals surface area (Å²) in [7, 11) is 2.23. The van der Waals surface area contributed by atoms with Gasteiger partial charge >= 0.3 is 0 Å². The third-order valence-corrected chi connectivity index (χ3v) is 3.16. The highest BCUT2D eigenvalue weighted by atomic mass is 15.1. The van der Waals surface area contributed by atoms with Crippen LogP contribution in [0.3, 0.4) is 0 Å². The molecule has 0 aromatic carbocycles. The monoisotopic (exact) mass is 169 g/mol. The molecule has 0 bridgehead atoms. The molecule has 0 aromatic heterocycles. The first kappa shape index (κ1) is 10.0. The molecule has 1 rings (SSSR count). The Morgan fingerprint density at radius 1 is 1.25 bits per heavy atom. The van der Waals surface area contributed by atoms with Gasteiger partial charge in [0.15, 0.2) is 0 Å². The largest absolute Gasteiger partial charge is 0.306 e. The van der Waals surface area contributed by atoms with Gasteiger partial charge in [-0.25, -0.2) is 0 Å². The Morgan fingerprint density at radius 2 is 1.75 bits per heavy atom. The fourth-order valence-electron chi connectivity index (χ4n) is 2.88. The van der Waals surface area contributed by atoms with E-state index in [1.165, 1.54) is 13.1 Å². The molecule has 1 heteroatoms. The lowest BCUT2D eigenvalue weighted by molar-refractivity contribution is 0.140. The molecule has 1 atom stereocenters. The molecule has 12 heavy (non-hydrogen) atoms. The van der Waals surface area contributed by atoms with Crippen LogP contribution in [-0.4, -0.2) is 25.0 Å². The van der Waals surface area contributed by atoms with Gasteiger partial charge in [0.05, 0.1) is 0 Å². The fourth-order valence-corrected chi connectivity index (χ4v) is 2.88. The highest BCUT2D eigenvalue weighted by Crippen LogP contribution is 2.44. The zero-order valence-corrected chi connectivity index (χ0v) is 9.44. The molecule has 1 saturated heterocycles. The van der Waals surface area contributed by atoms with Crippen molar-refractivity contribution in [1.29, 1.82) is 0 Å². The van der Waals surface area contributed by atoms with Crippen molar-refractivity contribution in [3.05, 3.63) is 0 Å². The molecule has 0 amide bonds. The van der Waals surface area contributed by atoms with Crippen LogP contribution in [0.25, 0.3) is 0 Å². The Bertz CT molecular complexity index is 164. The second-order valence-electron chi connectivity index (χ2n) is 6.10. The predicted molar refractivity (Wildman–Crippen MR) is 54.2 cm³/mol. The van der Waals surface area contributed by atoms with Crippen LogP contribution >= 0.6 is 0 Å². The van der Waals surface area contributed by atoms with E-state index in [2.05, 4.69) is 46.6 Å². The number of nitrogens with zero attached hydrogens (tertiary/aromatic N) is 1. The van der Waals surface area contributed by atoms with Crippen molar-refractivity contribution >= 4 is 0 Å². The van der Waals surface area contributed by atoms with E-state index in [1.54, 1.807) is 0 Å². The summed E-state index contributed by atoms with van der Waals surface area (Å²) < 4.78 is 0. The molecule has 0 spiro atoms. The van der Waals surface area contributed by atoms with E-state index < -0.39 is 0 Å². The summed E-state index contributed by atoms with van der Waals surface area (Å²) >= 11 is 0. The first-order valence-corrected chi connectivity index (χ1v) is 4.92. The second kappa shape index (κ2) is 2.73. The van der Waals surface area contributed by atoms with E-state index in [9.17, 15) is 0 Å². The Hall–Kier alpha value is -0.0400. The molecular weight excluding hydrogens is 146 g/mol. The summed E-state index contributed by atoms with van der Waals surface area (Å²) in [5.41, 5.74) is 0.946. The van der Waals surface area contributed by atoms with Gasteiger partial charge in [-0.15, -0.1) is 0 Å². The van der Waals surface area contributed by atoms with Gasteiger partial charge in [0, 0.05) is 13.1 Å². The normalized spacial score (nSPS) is 31.0. The predicted octanol–water partition coefficient (Wildman–Crippen LogP) is 2.62. The van der Waals surface area contributed by atoms with E-state index in [0.29, 0.717) is 10.8 Å². The van der Waals surface area contributed by atoms with Crippen LogP contribution in [0, 0.1) is 16.7 Å². The fraction of sp³-hybridized carbons (Fsp3) is 1.00. The van der Waals surface area contributed by atoms with Crippen molar-refractivity contribution in [2.45, 2.75) is 34.6 Å². The number of rotatable bonds is 0. The first-order chi connectivity index (χ1) is 5.23. The maximum absolute atomic E-state index is 2.45. The van der Waals surface area contributed by atoms with Crippen LogP contribution in [0.2, 0.25) is 0 Å². The highest BCUT2D eigenvalue weighted by Gasteiger charge is 2.43. The van der Waals surface area contributed by atoms with E-state index >= 15 is 0 Å². The topological polar surface area (TPSA) is 3.24 Å². The molecule has 1 aliphatic heterocycles. The van der Waals surface area contributed by atoms with Crippen molar-refractivity contribution < 1.29 is 0 Å². The van der Waals surface area contributed by atoms with E-state index in [1.807, 2.05) is 0 Å². The molecule has 1 nitrogen and oxygen atoms in total. The third kappa shape index (κ3) is 1.82. The molecule has 1 heterocycles. The van der Waals surface area contributed by atoms with Gasteiger partial charge < -0.3 is 4.90 Å². The van der Waals surface area contributed by atoms with Crippen LogP contribution < -0.4 is 0 Å². The van der Waals surface area contributed by atoms with Crippen molar-refractivity contribution in [3.63, 3.8) is 0 Å². The van der Waals surface area contributed by atoms with Gasteiger partial charge in [0.25, 0.3) is 0 Å². The minimum Gasteiger partial charge on any atom is -0.306 e. The SMILES string of the molecule is CN1CC(C(C)(C)C)C(C)(C)C1. The van der Waals surface area contributed by atoms with Crippen molar-refractivity contribution in [2.24, 2.45) is 16.7 Å². The quantitative estimate of drug-likeness (QED) is 0.539. The molecular formula is C11H23N. The Balaban J connectivity index is 2.79. The lowest BCUT2D eigenvalue weighted by Gasteiger charge is -2.36. The summed E-state index contributed by atoms with van der Waals surface area (Å²) in [6, 6.07) is 0. The molecule has 1 aliphatic rings. The van der Waals surface area contributed by atoms with Gasteiger partial charge in [-0.05, 0) is 23.8 Å². The lowest BCUT2D eigenvalue weighted by atomic mass is 9.68. The zero-order valence-electron chi connectivity index (χ0n) is 9.44. The molecule has 0 saturated carbocycles. The van der Waals surface area contributed by atoms with Crippen LogP contribution in [0.1, 0.15) is 34.6 Å². The van der Waals surface area contributed by atoms with E-state index in [0.717, 1.165) is 5.92 Å². The van der Waals surface area contributed by atoms with Crippen LogP contribution in [0.5, 0.6) is 0 Å². The van der Waals surface area contributed by atoms with E-state index in [-0.39, 0.29) is 0 Å². The Kier molecular flexibility index (Phi) is 2.28. The summed E-state index contributed by atoms with van der Waals surface area (Å²) in [5.74, 6) is 0.829. The highest BCUT2D eigenvalue weighted by molar-refractivity contribution is 4.94. The van der Waals surface area contributed by atoms with E-state index in [4.69, 9.17) is 0 Å². The summed E-state index contributed by atoms with van der Waals surface area (Å²) in [6.07, 6.45) is 0. The average Bonchev–Trinajstić information content (AvgIpc) is 2.02. The van der Waals surface area contributed by atoms with Crippen molar-refractivity contribution in [3.8, 4) is 0 Å². The van der Waals surface area contributed by atoms with Crippen LogP contribution in [-0.2, 0) is 0 Å². The van der Waals surface area contributed by atoms with Gasteiger partial charge in [-0.3, -0.25) is 0 Å². The first-order valence-electron chi connectivity index (χ1n) is 4.92. The van der Waals surface area contributed by atoms with Gasteiger partial charge in [0.1, 0.15) is 0 Å². The Labute approximate surface area is 77.1 Å². The van der Waals surface area contributed by atoms with Crippen molar-refractivity contribution in [1.82, 2.24) is 4.90 Å². The smallest absolute Gasteiger partial charge is 0.00331 e. The van der Waals surface area contributed by atoms with Gasteiger partial charge in [0.2, 0.25) is 0 Å². The maximum Gasteiger partial charge on any atom is 0.00331 e. The van der Waals surface area contributed by atoms with Gasteiger partial charge in [-0.2, -0.15) is 0 Å². The molecule has 72 valence electrons. The summed E-state index contributed by atoms with van der Waals surface area (Å²) in [4.78, 5) is 2.45. The molecule has 0 aliphatic carbocycles.